The summed E-state index contributed by atoms with van der Waals surface area (Å²) in [5.41, 5.74) is -0.0436. The number of unbranched alkanes of at least 4 members (excludes halogenated alkanes) is 1. The second-order valence-electron chi connectivity index (χ2n) is 6.19. The van der Waals surface area contributed by atoms with Crippen LogP contribution in [-0.4, -0.2) is 36.1 Å². The lowest BCUT2D eigenvalue weighted by molar-refractivity contribution is -0.137. The van der Waals surface area contributed by atoms with Gasteiger partial charge in [-0.25, -0.2) is 0 Å². The van der Waals surface area contributed by atoms with E-state index in [9.17, 15) is 4.79 Å². The van der Waals surface area contributed by atoms with Gasteiger partial charge in [0.05, 0.1) is 13.2 Å². The first-order chi connectivity index (χ1) is 8.64. The number of nitrogens with zero attached hydrogens (tertiary/aromatic N) is 1. The Hall–Kier alpha value is -0.570. The van der Waals surface area contributed by atoms with Gasteiger partial charge in [-0.05, 0) is 26.2 Å². The summed E-state index contributed by atoms with van der Waals surface area (Å²) in [6, 6.07) is 0. The molecule has 1 saturated heterocycles. The molecule has 3 heteroatoms. The predicted octanol–water partition coefficient (Wildman–Crippen LogP) is 2.98. The second kappa shape index (κ2) is 6.05. The number of epoxide rings is 1. The lowest BCUT2D eigenvalue weighted by Crippen LogP contribution is -2.42. The number of ether oxygens (including phenoxy) is 1. The summed E-state index contributed by atoms with van der Waals surface area (Å²) in [5.74, 6) is 0.679. The van der Waals surface area contributed by atoms with Crippen molar-refractivity contribution in [3.05, 3.63) is 0 Å². The number of carbonyl (C=O) groups excluding carboxylic acids is 1. The molecule has 0 N–H and O–H groups in total. The Morgan fingerprint density at radius 1 is 1.33 bits per heavy atom. The number of carbonyl (C=O) groups is 1. The normalized spacial score (nSPS) is 28.1. The maximum atomic E-state index is 12.6. The Labute approximate surface area is 111 Å². The van der Waals surface area contributed by atoms with Crippen molar-refractivity contribution in [2.24, 2.45) is 5.92 Å². The molecule has 2 rings (SSSR count). The van der Waals surface area contributed by atoms with Gasteiger partial charge >= 0.3 is 0 Å². The van der Waals surface area contributed by atoms with Gasteiger partial charge in [0.2, 0.25) is 5.91 Å². The van der Waals surface area contributed by atoms with Crippen LogP contribution in [0.15, 0.2) is 0 Å². The van der Waals surface area contributed by atoms with Gasteiger partial charge in [0, 0.05) is 12.5 Å². The van der Waals surface area contributed by atoms with Gasteiger partial charge in [-0.1, -0.05) is 32.6 Å². The second-order valence-corrected chi connectivity index (χ2v) is 6.19. The van der Waals surface area contributed by atoms with Crippen LogP contribution < -0.4 is 0 Å². The van der Waals surface area contributed by atoms with Crippen molar-refractivity contribution in [2.45, 2.75) is 64.4 Å². The number of rotatable bonds is 6. The third kappa shape index (κ3) is 3.71. The lowest BCUT2D eigenvalue weighted by Gasteiger charge is -2.30. The molecule has 2 aliphatic rings. The maximum absolute atomic E-state index is 12.6. The summed E-state index contributed by atoms with van der Waals surface area (Å²) in [5, 5.41) is 0. The summed E-state index contributed by atoms with van der Waals surface area (Å²) in [4.78, 5) is 14.7. The molecule has 0 aromatic rings. The molecular weight excluding hydrogens is 226 g/mol. The predicted molar refractivity (Wildman–Crippen MR) is 72.4 cm³/mol. The Morgan fingerprint density at radius 3 is 2.56 bits per heavy atom. The van der Waals surface area contributed by atoms with Crippen LogP contribution in [-0.2, 0) is 9.53 Å². The van der Waals surface area contributed by atoms with Crippen LogP contribution in [0, 0.1) is 5.92 Å². The van der Waals surface area contributed by atoms with Crippen LogP contribution in [0.25, 0.3) is 0 Å². The topological polar surface area (TPSA) is 32.8 Å². The van der Waals surface area contributed by atoms with E-state index in [0.717, 1.165) is 45.4 Å². The summed E-state index contributed by atoms with van der Waals surface area (Å²) in [6.07, 6.45) is 8.20. The average Bonchev–Trinajstić information content (AvgIpc) is 3.13. The zero-order valence-electron chi connectivity index (χ0n) is 11.9. The highest BCUT2D eigenvalue weighted by Gasteiger charge is 2.42. The van der Waals surface area contributed by atoms with Crippen LogP contribution in [0.1, 0.15) is 58.8 Å². The summed E-state index contributed by atoms with van der Waals surface area (Å²) >= 11 is 0. The van der Waals surface area contributed by atoms with Gasteiger partial charge in [-0.2, -0.15) is 0 Å². The molecule has 0 bridgehead atoms. The minimum Gasteiger partial charge on any atom is -0.368 e. The molecule has 1 unspecified atom stereocenters. The molecule has 1 aliphatic carbocycles. The molecular formula is C15H27NO2. The number of hydrogen-bond acceptors (Lipinski definition) is 2. The van der Waals surface area contributed by atoms with E-state index < -0.39 is 0 Å². The van der Waals surface area contributed by atoms with Crippen molar-refractivity contribution in [3.8, 4) is 0 Å². The van der Waals surface area contributed by atoms with Crippen molar-refractivity contribution in [1.82, 2.24) is 4.90 Å². The van der Waals surface area contributed by atoms with E-state index in [1.54, 1.807) is 0 Å². The van der Waals surface area contributed by atoms with Gasteiger partial charge in [-0.15, -0.1) is 0 Å². The molecule has 1 aliphatic heterocycles. The highest BCUT2D eigenvalue weighted by molar-refractivity contribution is 5.79. The van der Waals surface area contributed by atoms with Gasteiger partial charge in [0.25, 0.3) is 0 Å². The maximum Gasteiger partial charge on any atom is 0.225 e. The first-order valence-electron chi connectivity index (χ1n) is 7.57. The Bertz CT molecular complexity index is 280. The van der Waals surface area contributed by atoms with Gasteiger partial charge in [0.1, 0.15) is 5.60 Å². The minimum atomic E-state index is -0.0436. The van der Waals surface area contributed by atoms with E-state index in [-0.39, 0.29) is 11.5 Å². The standard InChI is InChI=1S/C15H27NO2/c1-3-4-10-16(11-15(2)12-18-15)14(17)13-8-6-5-7-9-13/h13H,3-12H2,1-2H3. The van der Waals surface area contributed by atoms with E-state index in [2.05, 4.69) is 18.7 Å². The Morgan fingerprint density at radius 2 is 2.00 bits per heavy atom. The van der Waals surface area contributed by atoms with E-state index in [4.69, 9.17) is 4.74 Å². The fourth-order valence-electron chi connectivity index (χ4n) is 2.84. The molecule has 3 nitrogen and oxygen atoms in total. The van der Waals surface area contributed by atoms with Crippen molar-refractivity contribution >= 4 is 5.91 Å². The van der Waals surface area contributed by atoms with Crippen molar-refractivity contribution in [2.75, 3.05) is 19.7 Å². The van der Waals surface area contributed by atoms with Crippen LogP contribution in [0.5, 0.6) is 0 Å². The fraction of sp³-hybridized carbons (Fsp3) is 0.933. The van der Waals surface area contributed by atoms with Crippen LogP contribution in [0.4, 0.5) is 0 Å². The zero-order chi connectivity index (χ0) is 13.0. The minimum absolute atomic E-state index is 0.0436. The molecule has 0 aromatic carbocycles. The summed E-state index contributed by atoms with van der Waals surface area (Å²) < 4.78 is 5.45. The number of hydrogen-bond donors (Lipinski definition) is 0. The fourth-order valence-corrected chi connectivity index (χ4v) is 2.84. The lowest BCUT2D eigenvalue weighted by atomic mass is 9.88. The molecule has 0 radical (unpaired) electrons. The van der Waals surface area contributed by atoms with Gasteiger partial charge in [-0.3, -0.25) is 4.79 Å². The summed E-state index contributed by atoms with van der Waals surface area (Å²) in [7, 11) is 0. The molecule has 1 amide bonds. The molecule has 0 aromatic heterocycles. The highest BCUT2D eigenvalue weighted by Crippen LogP contribution is 2.30. The number of amides is 1. The SMILES string of the molecule is CCCCN(CC1(C)CO1)C(=O)C1CCCCC1. The van der Waals surface area contributed by atoms with Crippen LogP contribution >= 0.6 is 0 Å². The first kappa shape index (κ1) is 13.9. The molecule has 18 heavy (non-hydrogen) atoms. The first-order valence-corrected chi connectivity index (χ1v) is 7.57. The molecule has 0 spiro atoms. The van der Waals surface area contributed by atoms with E-state index in [1.165, 1.54) is 19.3 Å². The zero-order valence-corrected chi connectivity index (χ0v) is 11.9. The monoisotopic (exact) mass is 253 g/mol. The van der Waals surface area contributed by atoms with Gasteiger partial charge < -0.3 is 9.64 Å². The van der Waals surface area contributed by atoms with Crippen molar-refractivity contribution in [3.63, 3.8) is 0 Å². The highest BCUT2D eigenvalue weighted by atomic mass is 16.6. The van der Waals surface area contributed by atoms with Gasteiger partial charge in [0.15, 0.2) is 0 Å². The van der Waals surface area contributed by atoms with E-state index in [1.807, 2.05) is 0 Å². The average molecular weight is 253 g/mol. The van der Waals surface area contributed by atoms with E-state index in [0.29, 0.717) is 5.91 Å². The van der Waals surface area contributed by atoms with Crippen molar-refractivity contribution < 1.29 is 9.53 Å². The smallest absolute Gasteiger partial charge is 0.225 e. The van der Waals surface area contributed by atoms with Crippen molar-refractivity contribution in [1.29, 1.82) is 0 Å². The molecule has 2 fully saturated rings. The van der Waals surface area contributed by atoms with Crippen LogP contribution in [0.2, 0.25) is 0 Å². The molecule has 1 heterocycles. The molecule has 1 atom stereocenters. The quantitative estimate of drug-likeness (QED) is 0.682. The van der Waals surface area contributed by atoms with E-state index >= 15 is 0 Å². The Balaban J connectivity index is 1.90. The molecule has 104 valence electrons. The molecule has 1 saturated carbocycles. The third-order valence-electron chi connectivity index (χ3n) is 4.21. The summed E-state index contributed by atoms with van der Waals surface area (Å²) in [6.45, 7) is 6.80. The largest absolute Gasteiger partial charge is 0.368 e. The Kier molecular flexibility index (Phi) is 4.66. The third-order valence-corrected chi connectivity index (χ3v) is 4.21. The van der Waals surface area contributed by atoms with Crippen LogP contribution in [0.3, 0.4) is 0 Å².